The first-order valence-electron chi connectivity index (χ1n) is 12.2. The highest BCUT2D eigenvalue weighted by molar-refractivity contribution is 7.89. The molecule has 3 aromatic rings. The highest BCUT2D eigenvalue weighted by atomic mass is 32.2. The summed E-state index contributed by atoms with van der Waals surface area (Å²) in [6.07, 6.45) is 0. The van der Waals surface area contributed by atoms with E-state index < -0.39 is 10.0 Å². The second-order valence-corrected chi connectivity index (χ2v) is 10.8. The molecule has 0 N–H and O–H groups in total. The zero-order valence-corrected chi connectivity index (χ0v) is 21.2. The molecule has 0 bridgehead atoms. The Bertz CT molecular complexity index is 1280. The number of aromatic nitrogens is 2. The molecule has 0 saturated carbocycles. The number of piperazine rings is 1. The molecule has 5 rings (SSSR count). The number of hydrogen-bond donors (Lipinski definition) is 0. The van der Waals surface area contributed by atoms with E-state index in [1.165, 1.54) is 9.99 Å². The van der Waals surface area contributed by atoms with Crippen LogP contribution in [-0.4, -0.2) is 86.8 Å². The first-order chi connectivity index (χ1) is 17.0. The third-order valence-corrected chi connectivity index (χ3v) is 8.77. The van der Waals surface area contributed by atoms with Crippen LogP contribution in [0.4, 0.5) is 5.69 Å². The number of anilines is 1. The van der Waals surface area contributed by atoms with Crippen LogP contribution in [0.25, 0.3) is 11.0 Å². The summed E-state index contributed by atoms with van der Waals surface area (Å²) in [5.41, 5.74) is 2.88. The Morgan fingerprint density at radius 1 is 1.00 bits per heavy atom. The van der Waals surface area contributed by atoms with Crippen molar-refractivity contribution in [1.82, 2.24) is 18.8 Å². The molecule has 0 atom stereocenters. The molecule has 0 radical (unpaired) electrons. The van der Waals surface area contributed by atoms with Crippen LogP contribution in [0.5, 0.6) is 5.75 Å². The van der Waals surface area contributed by atoms with Crippen molar-refractivity contribution in [3.63, 3.8) is 0 Å². The minimum absolute atomic E-state index is 0.297. The van der Waals surface area contributed by atoms with Gasteiger partial charge in [-0.15, -0.1) is 0 Å². The van der Waals surface area contributed by atoms with Gasteiger partial charge in [0, 0.05) is 57.6 Å². The van der Waals surface area contributed by atoms with E-state index in [2.05, 4.69) is 33.4 Å². The number of methoxy groups -OCH3 is 1. The maximum Gasteiger partial charge on any atom is 0.243 e. The highest BCUT2D eigenvalue weighted by Gasteiger charge is 2.27. The predicted molar refractivity (Wildman–Crippen MR) is 135 cm³/mol. The molecule has 2 aliphatic heterocycles. The topological polar surface area (TPSA) is 80.1 Å². The molecule has 2 aromatic carbocycles. The normalized spacial score (nSPS) is 18.3. The summed E-state index contributed by atoms with van der Waals surface area (Å²) in [6, 6.07) is 13.5. The van der Waals surface area contributed by atoms with Crippen molar-refractivity contribution in [3.05, 3.63) is 48.3 Å². The first-order valence-corrected chi connectivity index (χ1v) is 13.6. The molecular formula is C25H33N5O4S. The van der Waals surface area contributed by atoms with Gasteiger partial charge >= 0.3 is 0 Å². The smallest absolute Gasteiger partial charge is 0.243 e. The molecule has 3 heterocycles. The van der Waals surface area contributed by atoms with Gasteiger partial charge in [-0.25, -0.2) is 13.4 Å². The number of aryl methyl sites for hydroxylation is 1. The van der Waals surface area contributed by atoms with E-state index in [0.29, 0.717) is 31.2 Å². The number of benzene rings is 2. The van der Waals surface area contributed by atoms with Crippen molar-refractivity contribution in [1.29, 1.82) is 0 Å². The van der Waals surface area contributed by atoms with Gasteiger partial charge in [0.15, 0.2) is 0 Å². The molecule has 0 amide bonds. The second-order valence-electron chi connectivity index (χ2n) is 8.90. The summed E-state index contributed by atoms with van der Waals surface area (Å²) in [7, 11) is -1.86. The van der Waals surface area contributed by atoms with Crippen molar-refractivity contribution in [2.45, 2.75) is 24.9 Å². The van der Waals surface area contributed by atoms with Gasteiger partial charge in [-0.05, 0) is 37.3 Å². The third-order valence-electron chi connectivity index (χ3n) is 6.88. The first kappa shape index (κ1) is 24.1. The van der Waals surface area contributed by atoms with Gasteiger partial charge in [-0.2, -0.15) is 4.31 Å². The van der Waals surface area contributed by atoms with Gasteiger partial charge < -0.3 is 18.9 Å². The number of imidazole rings is 1. The third kappa shape index (κ3) is 4.88. The predicted octanol–water partition coefficient (Wildman–Crippen LogP) is 2.41. The lowest BCUT2D eigenvalue weighted by Crippen LogP contribution is -2.46. The van der Waals surface area contributed by atoms with Crippen LogP contribution in [0, 0.1) is 0 Å². The molecule has 0 aliphatic carbocycles. The molecule has 35 heavy (non-hydrogen) atoms. The van der Waals surface area contributed by atoms with Crippen molar-refractivity contribution < 1.29 is 17.9 Å². The van der Waals surface area contributed by atoms with E-state index in [1.807, 2.05) is 18.2 Å². The fraction of sp³-hybridized carbons (Fsp3) is 0.480. The van der Waals surface area contributed by atoms with Crippen LogP contribution in [0.1, 0.15) is 12.7 Å². The summed E-state index contributed by atoms with van der Waals surface area (Å²) >= 11 is 0. The Morgan fingerprint density at radius 2 is 1.77 bits per heavy atom. The zero-order valence-electron chi connectivity index (χ0n) is 20.4. The molecular weight excluding hydrogens is 466 g/mol. The second kappa shape index (κ2) is 10.1. The van der Waals surface area contributed by atoms with Crippen molar-refractivity contribution in [2.24, 2.45) is 0 Å². The number of fused-ring (bicyclic) bond motifs is 1. The minimum atomic E-state index is -3.55. The Kier molecular flexibility index (Phi) is 6.97. The molecule has 1 aromatic heterocycles. The Balaban J connectivity index is 1.31. The highest BCUT2D eigenvalue weighted by Crippen LogP contribution is 2.26. The lowest BCUT2D eigenvalue weighted by Gasteiger charge is -2.36. The SMILES string of the molecule is CCn1c(CN2CCN(c3cccc(OC)c3)CC2)nc2cc(S(=O)(=O)N3CCOCC3)ccc21. The molecule has 2 fully saturated rings. The lowest BCUT2D eigenvalue weighted by molar-refractivity contribution is 0.0730. The van der Waals surface area contributed by atoms with Crippen LogP contribution >= 0.6 is 0 Å². The molecule has 10 heteroatoms. The monoisotopic (exact) mass is 499 g/mol. The van der Waals surface area contributed by atoms with E-state index in [9.17, 15) is 8.42 Å². The van der Waals surface area contributed by atoms with Gasteiger partial charge in [0.1, 0.15) is 11.6 Å². The molecule has 2 aliphatic rings. The number of morpholine rings is 1. The van der Waals surface area contributed by atoms with E-state index in [4.69, 9.17) is 14.5 Å². The van der Waals surface area contributed by atoms with Crippen LogP contribution in [0.2, 0.25) is 0 Å². The Morgan fingerprint density at radius 3 is 2.49 bits per heavy atom. The van der Waals surface area contributed by atoms with E-state index in [-0.39, 0.29) is 0 Å². The largest absolute Gasteiger partial charge is 0.497 e. The maximum absolute atomic E-state index is 13.1. The number of ether oxygens (including phenoxy) is 2. The van der Waals surface area contributed by atoms with Crippen molar-refractivity contribution in [3.8, 4) is 5.75 Å². The summed E-state index contributed by atoms with van der Waals surface area (Å²) in [5, 5.41) is 0. The van der Waals surface area contributed by atoms with Crippen LogP contribution in [-0.2, 0) is 27.8 Å². The van der Waals surface area contributed by atoms with Crippen LogP contribution < -0.4 is 9.64 Å². The molecule has 9 nitrogen and oxygen atoms in total. The van der Waals surface area contributed by atoms with E-state index in [0.717, 1.165) is 61.9 Å². The average Bonchev–Trinajstić information content (AvgIpc) is 3.25. The fourth-order valence-electron chi connectivity index (χ4n) is 4.90. The van der Waals surface area contributed by atoms with Gasteiger partial charge in [0.25, 0.3) is 0 Å². The molecule has 188 valence electrons. The van der Waals surface area contributed by atoms with Gasteiger partial charge in [-0.3, -0.25) is 4.90 Å². The number of rotatable bonds is 7. The van der Waals surface area contributed by atoms with Crippen molar-refractivity contribution in [2.75, 3.05) is 64.5 Å². The quantitative estimate of drug-likeness (QED) is 0.494. The van der Waals surface area contributed by atoms with E-state index >= 15 is 0 Å². The fourth-order valence-corrected chi connectivity index (χ4v) is 6.33. The number of sulfonamides is 1. The molecule has 0 spiro atoms. The van der Waals surface area contributed by atoms with E-state index in [1.54, 1.807) is 19.2 Å². The summed E-state index contributed by atoms with van der Waals surface area (Å²) in [6.45, 7) is 8.98. The summed E-state index contributed by atoms with van der Waals surface area (Å²) in [5.74, 6) is 1.84. The van der Waals surface area contributed by atoms with Gasteiger partial charge in [-0.1, -0.05) is 6.07 Å². The Labute approximate surface area is 206 Å². The average molecular weight is 500 g/mol. The zero-order chi connectivity index (χ0) is 24.4. The minimum Gasteiger partial charge on any atom is -0.497 e. The van der Waals surface area contributed by atoms with Crippen molar-refractivity contribution >= 4 is 26.7 Å². The summed E-state index contributed by atoms with van der Waals surface area (Å²) in [4.78, 5) is 9.97. The molecule has 0 unspecified atom stereocenters. The summed E-state index contributed by atoms with van der Waals surface area (Å²) < 4.78 is 40.6. The van der Waals surface area contributed by atoms with Crippen LogP contribution in [0.3, 0.4) is 0 Å². The van der Waals surface area contributed by atoms with Gasteiger partial charge in [0.05, 0.1) is 42.8 Å². The Hall–Kier alpha value is -2.66. The number of hydrogen-bond acceptors (Lipinski definition) is 7. The van der Waals surface area contributed by atoms with Crippen LogP contribution in [0.15, 0.2) is 47.4 Å². The number of nitrogens with zero attached hydrogens (tertiary/aromatic N) is 5. The van der Waals surface area contributed by atoms with Gasteiger partial charge in [0.2, 0.25) is 10.0 Å². The maximum atomic E-state index is 13.1. The standard InChI is InChI=1S/C25H33N5O4S/c1-3-30-24-8-7-22(35(31,32)29-13-15-34-16-14-29)18-23(24)26-25(30)19-27-9-11-28(12-10-27)20-5-4-6-21(17-20)33-2/h4-8,17-18H,3,9-16,19H2,1-2H3. The molecule has 2 saturated heterocycles. The lowest BCUT2D eigenvalue weighted by atomic mass is 10.2.